The van der Waals surface area contributed by atoms with Crippen LogP contribution in [-0.4, -0.2) is 70.6 Å². The van der Waals surface area contributed by atoms with Crippen LogP contribution in [0, 0.1) is 0 Å². The minimum Gasteiger partial charge on any atom is -0.445 e. The lowest BCUT2D eigenvalue weighted by Gasteiger charge is -2.30. The molecule has 2 heterocycles. The SMILES string of the molecule is CC1(C)O[C@H]2O[C@H]([C@H](O)[C@@H](CO)NC(=O)OCc3ccccc3)[C@H](O)[C@H]2O1. The lowest BCUT2D eigenvalue weighted by molar-refractivity contribution is -0.227. The molecule has 1 amide bonds. The van der Waals surface area contributed by atoms with Crippen molar-refractivity contribution in [1.29, 1.82) is 0 Å². The number of fused-ring (bicyclic) bond motifs is 1. The standard InChI is InChI=1S/C18H25NO8/c1-18(2)26-15-13(22)14(25-16(15)27-18)12(21)11(8-20)19-17(23)24-9-10-6-4-3-5-7-10/h3-7,11-16,20-22H,8-9H2,1-2H3,(H,19,23)/t11-,12-,13+,14-,15-,16-/m1/s1. The second-order valence-electron chi connectivity index (χ2n) is 7.05. The van der Waals surface area contributed by atoms with Gasteiger partial charge in [-0.1, -0.05) is 30.3 Å². The number of rotatable bonds is 6. The topological polar surface area (TPSA) is 127 Å². The van der Waals surface area contributed by atoms with Crippen LogP contribution in [0.2, 0.25) is 0 Å². The van der Waals surface area contributed by atoms with Crippen LogP contribution in [0.25, 0.3) is 0 Å². The van der Waals surface area contributed by atoms with Crippen LogP contribution in [0.4, 0.5) is 4.79 Å². The predicted molar refractivity (Wildman–Crippen MR) is 91.3 cm³/mol. The molecule has 1 aromatic rings. The molecule has 9 nitrogen and oxygen atoms in total. The molecule has 150 valence electrons. The Labute approximate surface area is 156 Å². The summed E-state index contributed by atoms with van der Waals surface area (Å²) in [4.78, 5) is 12.0. The predicted octanol–water partition coefficient (Wildman–Crippen LogP) is -0.128. The Balaban J connectivity index is 1.53. The molecule has 2 aliphatic heterocycles. The quantitative estimate of drug-likeness (QED) is 0.535. The van der Waals surface area contributed by atoms with E-state index in [1.54, 1.807) is 26.0 Å². The molecule has 27 heavy (non-hydrogen) atoms. The Morgan fingerprint density at radius 2 is 2.00 bits per heavy atom. The monoisotopic (exact) mass is 383 g/mol. The van der Waals surface area contributed by atoms with Crippen LogP contribution in [-0.2, 0) is 25.6 Å². The van der Waals surface area contributed by atoms with E-state index in [9.17, 15) is 20.1 Å². The summed E-state index contributed by atoms with van der Waals surface area (Å²) < 4.78 is 21.7. The smallest absolute Gasteiger partial charge is 0.407 e. The fraction of sp³-hybridized carbons (Fsp3) is 0.611. The van der Waals surface area contributed by atoms with Crippen LogP contribution in [0.5, 0.6) is 0 Å². The summed E-state index contributed by atoms with van der Waals surface area (Å²) >= 11 is 0. The molecular weight excluding hydrogens is 358 g/mol. The molecule has 0 bridgehead atoms. The first-order chi connectivity index (χ1) is 12.8. The first-order valence-corrected chi connectivity index (χ1v) is 8.76. The minimum absolute atomic E-state index is 0.0460. The number of benzene rings is 1. The van der Waals surface area contributed by atoms with Crippen LogP contribution in [0.1, 0.15) is 19.4 Å². The van der Waals surface area contributed by atoms with Crippen LogP contribution in [0.3, 0.4) is 0 Å². The van der Waals surface area contributed by atoms with E-state index in [-0.39, 0.29) is 6.61 Å². The summed E-state index contributed by atoms with van der Waals surface area (Å²) in [5.74, 6) is -0.901. The van der Waals surface area contributed by atoms with E-state index in [0.29, 0.717) is 0 Å². The Morgan fingerprint density at radius 1 is 1.30 bits per heavy atom. The van der Waals surface area contributed by atoms with E-state index in [4.69, 9.17) is 18.9 Å². The fourth-order valence-electron chi connectivity index (χ4n) is 3.18. The van der Waals surface area contributed by atoms with Gasteiger partial charge in [0.25, 0.3) is 0 Å². The second-order valence-corrected chi connectivity index (χ2v) is 7.05. The Kier molecular flexibility index (Phi) is 5.99. The number of ether oxygens (including phenoxy) is 4. The van der Waals surface area contributed by atoms with E-state index in [1.807, 2.05) is 18.2 Å². The zero-order valence-electron chi connectivity index (χ0n) is 15.1. The molecule has 2 fully saturated rings. The van der Waals surface area contributed by atoms with E-state index in [0.717, 1.165) is 5.56 Å². The van der Waals surface area contributed by atoms with Crippen molar-refractivity contribution in [3.63, 3.8) is 0 Å². The molecule has 0 spiro atoms. The molecule has 2 aliphatic rings. The molecule has 4 N–H and O–H groups in total. The van der Waals surface area contributed by atoms with Gasteiger partial charge in [-0.2, -0.15) is 0 Å². The highest BCUT2D eigenvalue weighted by molar-refractivity contribution is 5.67. The van der Waals surface area contributed by atoms with E-state index in [1.165, 1.54) is 0 Å². The minimum atomic E-state index is -1.39. The van der Waals surface area contributed by atoms with Gasteiger partial charge in [-0.25, -0.2) is 4.79 Å². The molecule has 0 saturated carbocycles. The molecule has 6 atom stereocenters. The Bertz CT molecular complexity index is 640. The van der Waals surface area contributed by atoms with E-state index in [2.05, 4.69) is 5.32 Å². The number of aliphatic hydroxyl groups is 3. The molecule has 0 radical (unpaired) electrons. The van der Waals surface area contributed by atoms with Gasteiger partial charge in [0.05, 0.1) is 12.6 Å². The van der Waals surface area contributed by atoms with Crippen molar-refractivity contribution in [3.05, 3.63) is 35.9 Å². The van der Waals surface area contributed by atoms with Crippen molar-refractivity contribution in [3.8, 4) is 0 Å². The number of carbonyl (C=O) groups excluding carboxylic acids is 1. The zero-order chi connectivity index (χ0) is 19.6. The van der Waals surface area contributed by atoms with Gasteiger partial charge in [-0.15, -0.1) is 0 Å². The number of amides is 1. The zero-order valence-corrected chi connectivity index (χ0v) is 15.1. The Morgan fingerprint density at radius 3 is 2.63 bits per heavy atom. The van der Waals surface area contributed by atoms with Gasteiger partial charge in [0.1, 0.15) is 31.0 Å². The van der Waals surface area contributed by atoms with Gasteiger partial charge in [0.15, 0.2) is 12.1 Å². The summed E-state index contributed by atoms with van der Waals surface area (Å²) in [6.45, 7) is 2.85. The highest BCUT2D eigenvalue weighted by atomic mass is 16.8. The second kappa shape index (κ2) is 8.09. The van der Waals surface area contributed by atoms with E-state index < -0.39 is 55.2 Å². The maximum absolute atomic E-state index is 12.0. The molecule has 0 aromatic heterocycles. The third-order valence-electron chi connectivity index (χ3n) is 4.51. The Hall–Kier alpha value is -1.75. The number of hydrogen-bond acceptors (Lipinski definition) is 8. The van der Waals surface area contributed by atoms with Crippen molar-refractivity contribution >= 4 is 6.09 Å². The van der Waals surface area contributed by atoms with Gasteiger partial charge in [-0.3, -0.25) is 0 Å². The number of alkyl carbamates (subject to hydrolysis) is 1. The largest absolute Gasteiger partial charge is 0.445 e. The van der Waals surface area contributed by atoms with Gasteiger partial charge >= 0.3 is 6.09 Å². The van der Waals surface area contributed by atoms with Gasteiger partial charge < -0.3 is 39.6 Å². The molecule has 9 heteroatoms. The maximum atomic E-state index is 12.0. The average molecular weight is 383 g/mol. The molecule has 2 saturated heterocycles. The number of hydrogen-bond donors (Lipinski definition) is 4. The van der Waals surface area contributed by atoms with Gasteiger partial charge in [0.2, 0.25) is 0 Å². The summed E-state index contributed by atoms with van der Waals surface area (Å²) in [7, 11) is 0. The third kappa shape index (κ3) is 4.57. The first-order valence-electron chi connectivity index (χ1n) is 8.76. The lowest BCUT2D eigenvalue weighted by Crippen LogP contribution is -2.54. The molecular formula is C18H25NO8. The number of aliphatic hydroxyl groups excluding tert-OH is 3. The summed E-state index contributed by atoms with van der Waals surface area (Å²) in [5, 5.41) is 32.8. The normalized spacial score (nSPS) is 31.1. The highest BCUT2D eigenvalue weighted by Gasteiger charge is 2.56. The summed E-state index contributed by atoms with van der Waals surface area (Å²) in [6.07, 6.45) is -6.07. The van der Waals surface area contributed by atoms with Gasteiger partial charge in [0, 0.05) is 0 Å². The number of carbonyl (C=O) groups is 1. The fourth-order valence-corrected chi connectivity index (χ4v) is 3.18. The number of nitrogens with one attached hydrogen (secondary N) is 1. The first kappa shape index (κ1) is 20.0. The summed E-state index contributed by atoms with van der Waals surface area (Å²) in [6, 6.07) is 7.98. The lowest BCUT2D eigenvalue weighted by atomic mass is 10.0. The van der Waals surface area contributed by atoms with Crippen LogP contribution < -0.4 is 5.32 Å². The van der Waals surface area contributed by atoms with Crippen LogP contribution in [0.15, 0.2) is 30.3 Å². The molecule has 0 unspecified atom stereocenters. The molecule has 3 rings (SSSR count). The van der Waals surface area contributed by atoms with Crippen molar-refractivity contribution < 1.29 is 39.1 Å². The highest BCUT2D eigenvalue weighted by Crippen LogP contribution is 2.38. The van der Waals surface area contributed by atoms with E-state index >= 15 is 0 Å². The molecule has 1 aromatic carbocycles. The van der Waals surface area contributed by atoms with Crippen molar-refractivity contribution in [2.24, 2.45) is 0 Å². The van der Waals surface area contributed by atoms with Crippen molar-refractivity contribution in [1.82, 2.24) is 5.32 Å². The van der Waals surface area contributed by atoms with Gasteiger partial charge in [-0.05, 0) is 19.4 Å². The van der Waals surface area contributed by atoms with Crippen LogP contribution >= 0.6 is 0 Å². The molecule has 0 aliphatic carbocycles. The third-order valence-corrected chi connectivity index (χ3v) is 4.51. The van der Waals surface area contributed by atoms with Crippen molar-refractivity contribution in [2.45, 2.75) is 63.0 Å². The average Bonchev–Trinajstić information content (AvgIpc) is 3.11. The summed E-state index contributed by atoms with van der Waals surface area (Å²) in [5.41, 5.74) is 0.799. The van der Waals surface area contributed by atoms with Crippen molar-refractivity contribution in [2.75, 3.05) is 6.61 Å². The maximum Gasteiger partial charge on any atom is 0.407 e.